The summed E-state index contributed by atoms with van der Waals surface area (Å²) in [6.45, 7) is 5.07. The van der Waals surface area contributed by atoms with Gasteiger partial charge in [-0.05, 0) is 66.9 Å². The number of carbonyl (C=O) groups excluding carboxylic acids is 2. The van der Waals surface area contributed by atoms with E-state index in [4.69, 9.17) is 9.47 Å². The number of para-hydroxylation sites is 2. The van der Waals surface area contributed by atoms with Crippen LogP contribution < -0.4 is 19.3 Å². The lowest BCUT2D eigenvalue weighted by Gasteiger charge is -2.27. The van der Waals surface area contributed by atoms with Crippen molar-refractivity contribution in [2.45, 2.75) is 32.7 Å². The Morgan fingerprint density at radius 3 is 2.13 bits per heavy atom. The fourth-order valence-corrected chi connectivity index (χ4v) is 4.43. The van der Waals surface area contributed by atoms with Gasteiger partial charge in [-0.2, -0.15) is 0 Å². The van der Waals surface area contributed by atoms with Crippen molar-refractivity contribution in [2.24, 2.45) is 0 Å². The number of ketones is 1. The number of rotatable bonds is 10. The van der Waals surface area contributed by atoms with Crippen LogP contribution in [0.15, 0.2) is 78.4 Å². The number of nitrogens with zero attached hydrogens (tertiary/aromatic N) is 2. The number of aliphatic hydroxyl groups excluding tert-OH is 1. The van der Waals surface area contributed by atoms with Crippen LogP contribution in [-0.4, -0.2) is 44.1 Å². The van der Waals surface area contributed by atoms with Gasteiger partial charge in [-0.3, -0.25) is 14.5 Å². The zero-order chi connectivity index (χ0) is 27.2. The Morgan fingerprint density at radius 1 is 0.868 bits per heavy atom. The number of Topliss-reactive ketones (excluding diaryl/α,β-unsaturated/α-hetero) is 1. The number of amides is 1. The molecule has 1 heterocycles. The lowest BCUT2D eigenvalue weighted by molar-refractivity contribution is -0.132. The predicted octanol–water partition coefficient (Wildman–Crippen LogP) is 5.96. The van der Waals surface area contributed by atoms with Gasteiger partial charge in [-0.1, -0.05) is 38.1 Å². The van der Waals surface area contributed by atoms with E-state index in [9.17, 15) is 14.7 Å². The first-order valence-corrected chi connectivity index (χ1v) is 12.9. The average molecular weight is 515 g/mol. The Kier molecular flexibility index (Phi) is 8.36. The maximum Gasteiger partial charge on any atom is 0.300 e. The van der Waals surface area contributed by atoms with Gasteiger partial charge in [-0.25, -0.2) is 0 Å². The molecule has 1 saturated heterocycles. The first kappa shape index (κ1) is 26.8. The molecule has 1 aliphatic rings. The molecule has 0 aromatic heterocycles. The Balaban J connectivity index is 1.86. The van der Waals surface area contributed by atoms with E-state index < -0.39 is 17.7 Å². The summed E-state index contributed by atoms with van der Waals surface area (Å²) >= 11 is 0. The summed E-state index contributed by atoms with van der Waals surface area (Å²) in [5.41, 5.74) is 2.61. The molecule has 1 N–H and O–H groups in total. The normalized spacial score (nSPS) is 16.5. The van der Waals surface area contributed by atoms with E-state index in [1.807, 2.05) is 63.2 Å². The Morgan fingerprint density at radius 2 is 1.50 bits per heavy atom. The third-order valence-corrected chi connectivity index (χ3v) is 6.36. The minimum atomic E-state index is -0.839. The highest BCUT2D eigenvalue weighted by Crippen LogP contribution is 2.45. The van der Waals surface area contributed by atoms with Crippen LogP contribution >= 0.6 is 0 Å². The number of benzene rings is 3. The SMILES string of the molecule is CCCOc1ccc(/C(O)=C2/C(=O)C(=O)N(c3ccccc3OCCC)C2c2ccc(N(C)C)cc2)cc1. The highest BCUT2D eigenvalue weighted by atomic mass is 16.5. The van der Waals surface area contributed by atoms with Gasteiger partial charge in [0.05, 0.1) is 30.5 Å². The van der Waals surface area contributed by atoms with Crippen LogP contribution in [0, 0.1) is 0 Å². The Labute approximate surface area is 223 Å². The van der Waals surface area contributed by atoms with Crippen molar-refractivity contribution in [1.29, 1.82) is 0 Å². The van der Waals surface area contributed by atoms with Gasteiger partial charge in [0.15, 0.2) is 0 Å². The monoisotopic (exact) mass is 514 g/mol. The average Bonchev–Trinajstić information content (AvgIpc) is 3.20. The number of anilines is 2. The van der Waals surface area contributed by atoms with Crippen molar-refractivity contribution in [1.82, 2.24) is 0 Å². The summed E-state index contributed by atoms with van der Waals surface area (Å²) in [7, 11) is 3.88. The van der Waals surface area contributed by atoms with Crippen LogP contribution in [0.5, 0.6) is 11.5 Å². The molecule has 3 aromatic carbocycles. The fourth-order valence-electron chi connectivity index (χ4n) is 4.43. The summed E-state index contributed by atoms with van der Waals surface area (Å²) in [4.78, 5) is 30.5. The smallest absolute Gasteiger partial charge is 0.300 e. The van der Waals surface area contributed by atoms with Crippen molar-refractivity contribution < 1.29 is 24.2 Å². The molecular formula is C31H34N2O5. The molecule has 0 aliphatic carbocycles. The second-order valence-electron chi connectivity index (χ2n) is 9.34. The molecule has 1 unspecified atom stereocenters. The summed E-state index contributed by atoms with van der Waals surface area (Å²) in [6.07, 6.45) is 1.67. The van der Waals surface area contributed by atoms with Crippen molar-refractivity contribution in [3.8, 4) is 11.5 Å². The van der Waals surface area contributed by atoms with Gasteiger partial charge in [0.2, 0.25) is 0 Å². The second-order valence-corrected chi connectivity index (χ2v) is 9.34. The molecule has 0 saturated carbocycles. The zero-order valence-corrected chi connectivity index (χ0v) is 22.3. The lowest BCUT2D eigenvalue weighted by atomic mass is 9.94. The first-order chi connectivity index (χ1) is 18.4. The van der Waals surface area contributed by atoms with Gasteiger partial charge in [0.25, 0.3) is 11.7 Å². The second kappa shape index (κ2) is 11.9. The number of aliphatic hydroxyl groups is 1. The van der Waals surface area contributed by atoms with Gasteiger partial charge in [0.1, 0.15) is 17.3 Å². The van der Waals surface area contributed by atoms with Crippen LogP contribution in [0.25, 0.3) is 5.76 Å². The quantitative estimate of drug-likeness (QED) is 0.204. The Bertz CT molecular complexity index is 1310. The third kappa shape index (κ3) is 5.37. The molecule has 1 atom stereocenters. The molecule has 3 aromatic rings. The topological polar surface area (TPSA) is 79.3 Å². The molecule has 1 amide bonds. The predicted molar refractivity (Wildman–Crippen MR) is 150 cm³/mol. The maximum absolute atomic E-state index is 13.6. The van der Waals surface area contributed by atoms with Crippen molar-refractivity contribution in [2.75, 3.05) is 37.1 Å². The van der Waals surface area contributed by atoms with E-state index in [-0.39, 0.29) is 11.3 Å². The Hall–Kier alpha value is -4.26. The molecular weight excluding hydrogens is 480 g/mol. The number of ether oxygens (including phenoxy) is 2. The fraction of sp³-hybridized carbons (Fsp3) is 0.290. The molecule has 0 spiro atoms. The summed E-state index contributed by atoms with van der Waals surface area (Å²) in [6, 6.07) is 20.8. The van der Waals surface area contributed by atoms with Gasteiger partial charge < -0.3 is 19.5 Å². The third-order valence-electron chi connectivity index (χ3n) is 6.36. The summed E-state index contributed by atoms with van der Waals surface area (Å²) < 4.78 is 11.6. The molecule has 0 bridgehead atoms. The molecule has 1 aliphatic heterocycles. The van der Waals surface area contributed by atoms with Gasteiger partial charge in [0, 0.05) is 25.3 Å². The van der Waals surface area contributed by atoms with E-state index >= 15 is 0 Å². The highest BCUT2D eigenvalue weighted by molar-refractivity contribution is 6.51. The van der Waals surface area contributed by atoms with Crippen LogP contribution in [0.3, 0.4) is 0 Å². The number of hydrogen-bond acceptors (Lipinski definition) is 6. The highest BCUT2D eigenvalue weighted by Gasteiger charge is 2.47. The molecule has 4 rings (SSSR count). The summed E-state index contributed by atoms with van der Waals surface area (Å²) in [5.74, 6) is -0.531. The van der Waals surface area contributed by atoms with Crippen LogP contribution in [0.1, 0.15) is 43.9 Å². The van der Waals surface area contributed by atoms with Crippen LogP contribution in [0.2, 0.25) is 0 Å². The van der Waals surface area contributed by atoms with E-state index in [2.05, 4.69) is 0 Å². The number of carbonyl (C=O) groups is 2. The standard InChI is InChI=1S/C31H34N2O5/c1-5-19-37-24-17-13-22(14-18-24)29(34)27-28(21-11-15-23(16-12-21)32(3)4)33(31(36)30(27)35)25-9-7-8-10-26(25)38-20-6-2/h7-18,28,34H,5-6,19-20H2,1-4H3/b29-27-. The van der Waals surface area contributed by atoms with Gasteiger partial charge in [-0.15, -0.1) is 0 Å². The molecule has 7 heteroatoms. The van der Waals surface area contributed by atoms with E-state index in [1.54, 1.807) is 42.5 Å². The maximum atomic E-state index is 13.6. The largest absolute Gasteiger partial charge is 0.507 e. The van der Waals surface area contributed by atoms with Crippen LogP contribution in [-0.2, 0) is 9.59 Å². The van der Waals surface area contributed by atoms with Crippen LogP contribution in [0.4, 0.5) is 11.4 Å². The van der Waals surface area contributed by atoms with E-state index in [0.29, 0.717) is 41.5 Å². The zero-order valence-electron chi connectivity index (χ0n) is 22.3. The molecule has 0 radical (unpaired) electrons. The number of hydrogen-bond donors (Lipinski definition) is 1. The molecule has 1 fully saturated rings. The minimum absolute atomic E-state index is 0.0279. The van der Waals surface area contributed by atoms with Crippen molar-refractivity contribution in [3.63, 3.8) is 0 Å². The summed E-state index contributed by atoms with van der Waals surface area (Å²) in [5, 5.41) is 11.4. The molecule has 198 valence electrons. The van der Waals surface area contributed by atoms with Crippen molar-refractivity contribution >= 4 is 28.8 Å². The minimum Gasteiger partial charge on any atom is -0.507 e. The van der Waals surface area contributed by atoms with Gasteiger partial charge >= 0.3 is 0 Å². The van der Waals surface area contributed by atoms with Crippen molar-refractivity contribution in [3.05, 3.63) is 89.5 Å². The lowest BCUT2D eigenvalue weighted by Crippen LogP contribution is -2.30. The van der Waals surface area contributed by atoms with E-state index in [0.717, 1.165) is 18.5 Å². The molecule has 38 heavy (non-hydrogen) atoms. The van der Waals surface area contributed by atoms with E-state index in [1.165, 1.54) is 4.90 Å². The molecule has 7 nitrogen and oxygen atoms in total. The first-order valence-electron chi connectivity index (χ1n) is 12.9.